The van der Waals surface area contributed by atoms with Crippen molar-refractivity contribution in [3.05, 3.63) is 44.9 Å². The van der Waals surface area contributed by atoms with Crippen LogP contribution in [0.5, 0.6) is 0 Å². The number of hydrogen-bond donors (Lipinski definition) is 0. The molecule has 72 valence electrons. The molecule has 1 nitrogen and oxygen atoms in total. The molecule has 5 heteroatoms. The molecule has 0 spiro atoms. The van der Waals surface area contributed by atoms with Gasteiger partial charge < -0.3 is 0 Å². The van der Waals surface area contributed by atoms with Crippen molar-refractivity contribution in [2.24, 2.45) is 0 Å². The number of thiophene rings is 1. The lowest BCUT2D eigenvalue weighted by molar-refractivity contribution is 1.32. The van der Waals surface area contributed by atoms with Gasteiger partial charge >= 0.3 is 0 Å². The highest BCUT2D eigenvalue weighted by Crippen LogP contribution is 2.12. The van der Waals surface area contributed by atoms with Crippen LogP contribution in [0.3, 0.4) is 0 Å². The summed E-state index contributed by atoms with van der Waals surface area (Å²) in [7, 11) is 2.09. The number of pyridine rings is 1. The number of aromatic nitrogens is 1. The summed E-state index contributed by atoms with van der Waals surface area (Å²) in [5.41, 5.74) is 0. The summed E-state index contributed by atoms with van der Waals surface area (Å²) in [6.45, 7) is 0. The number of halogens is 2. The first-order valence-corrected chi connectivity index (χ1v) is 6.36. The van der Waals surface area contributed by atoms with Gasteiger partial charge in [0, 0.05) is 16.9 Å². The Bertz CT molecular complexity index is 361. The van der Waals surface area contributed by atoms with E-state index in [0.29, 0.717) is 0 Å². The highest BCUT2D eigenvalue weighted by molar-refractivity contribution is 9.11. The first-order valence-electron chi connectivity index (χ1n) is 3.96. The summed E-state index contributed by atoms with van der Waals surface area (Å²) < 4.78 is 3.64. The fourth-order valence-electron chi connectivity index (χ4n) is 0.738. The molecule has 0 amide bonds. The minimum atomic E-state index is 1.07. The second-order valence-corrected chi connectivity index (χ2v) is 6.10. The smallest absolute Gasteiger partial charge is 0.152 e. The molecule has 0 radical (unpaired) electrons. The standard InChI is InChI=1S/C5H4BrN.C4H4BBrS/c6-5-1-3-7-4-2-5;5-3-1-2-4(6)7-3/h1-4H;1-2H,5H2. The molecule has 0 bridgehead atoms. The fourth-order valence-corrected chi connectivity index (χ4v) is 2.45. The average Bonchev–Trinajstić information content (AvgIpc) is 2.52. The molecule has 2 rings (SSSR count). The maximum absolute atomic E-state index is 3.82. The lowest BCUT2D eigenvalue weighted by atomic mass is 10.1. The molecular weight excluding hydrogens is 325 g/mol. The predicted molar refractivity (Wildman–Crippen MR) is 72.1 cm³/mol. The number of nitrogens with zero attached hydrogens (tertiary/aromatic N) is 1. The Morgan fingerprint density at radius 2 is 1.71 bits per heavy atom. The van der Waals surface area contributed by atoms with E-state index < -0.39 is 0 Å². The van der Waals surface area contributed by atoms with Crippen LogP contribution in [0.4, 0.5) is 0 Å². The van der Waals surface area contributed by atoms with Crippen LogP contribution in [0.25, 0.3) is 0 Å². The lowest BCUT2D eigenvalue weighted by Gasteiger charge is -1.80. The average molecular weight is 333 g/mol. The monoisotopic (exact) mass is 331 g/mol. The maximum atomic E-state index is 3.82. The van der Waals surface area contributed by atoms with Gasteiger partial charge in [-0.3, -0.25) is 4.98 Å². The van der Waals surface area contributed by atoms with Crippen molar-refractivity contribution in [3.63, 3.8) is 0 Å². The van der Waals surface area contributed by atoms with E-state index in [2.05, 4.69) is 56.8 Å². The topological polar surface area (TPSA) is 12.9 Å². The van der Waals surface area contributed by atoms with E-state index in [4.69, 9.17) is 0 Å². The Balaban J connectivity index is 0.000000140. The van der Waals surface area contributed by atoms with Crippen molar-refractivity contribution in [3.8, 4) is 0 Å². The number of rotatable bonds is 0. The molecule has 0 aliphatic carbocycles. The highest BCUT2D eigenvalue weighted by atomic mass is 79.9. The molecule has 0 N–H and O–H groups in total. The molecule has 2 aromatic rings. The second-order valence-electron chi connectivity index (χ2n) is 2.52. The SMILES string of the molecule is Bc1ccc(Br)s1.Brc1ccncc1. The van der Waals surface area contributed by atoms with E-state index in [-0.39, 0.29) is 0 Å². The Morgan fingerprint density at radius 1 is 1.07 bits per heavy atom. The van der Waals surface area contributed by atoms with Crippen LogP contribution in [0, 0.1) is 0 Å². The minimum Gasteiger partial charge on any atom is -0.265 e. The Labute approximate surface area is 105 Å². The van der Waals surface area contributed by atoms with Gasteiger partial charge in [-0.2, -0.15) is 0 Å². The third kappa shape index (κ3) is 4.93. The third-order valence-electron chi connectivity index (χ3n) is 1.35. The van der Waals surface area contributed by atoms with Crippen LogP contribution in [0.1, 0.15) is 0 Å². The van der Waals surface area contributed by atoms with E-state index >= 15 is 0 Å². The van der Waals surface area contributed by atoms with Gasteiger partial charge in [-0.25, -0.2) is 0 Å². The first kappa shape index (κ1) is 11.9. The molecule has 0 aromatic carbocycles. The van der Waals surface area contributed by atoms with Gasteiger partial charge in [0.1, 0.15) is 0 Å². The quantitative estimate of drug-likeness (QED) is 0.676. The van der Waals surface area contributed by atoms with Gasteiger partial charge in [0.15, 0.2) is 7.85 Å². The Hall–Kier alpha value is -0.125. The van der Waals surface area contributed by atoms with Crippen molar-refractivity contribution < 1.29 is 0 Å². The molecule has 14 heavy (non-hydrogen) atoms. The van der Waals surface area contributed by atoms with Crippen LogP contribution in [0.15, 0.2) is 44.9 Å². The molecule has 2 aromatic heterocycles. The normalized spacial score (nSPS) is 9.00. The Morgan fingerprint density at radius 3 is 1.93 bits per heavy atom. The van der Waals surface area contributed by atoms with Crippen molar-refractivity contribution in [2.75, 3.05) is 0 Å². The van der Waals surface area contributed by atoms with E-state index in [0.717, 1.165) is 4.47 Å². The molecule has 0 aliphatic rings. The summed E-state index contributed by atoms with van der Waals surface area (Å²) >= 11 is 8.38. The van der Waals surface area contributed by atoms with Gasteiger partial charge in [0.2, 0.25) is 0 Å². The minimum absolute atomic E-state index is 1.07. The van der Waals surface area contributed by atoms with Crippen LogP contribution in [0.2, 0.25) is 0 Å². The predicted octanol–water partition coefficient (Wildman–Crippen LogP) is 2.61. The highest BCUT2D eigenvalue weighted by Gasteiger charge is 1.86. The second kappa shape index (κ2) is 6.38. The zero-order valence-electron chi connectivity index (χ0n) is 7.58. The fraction of sp³-hybridized carbons (Fsp3) is 0. The van der Waals surface area contributed by atoms with Crippen LogP contribution >= 0.6 is 43.2 Å². The first-order chi connectivity index (χ1) is 6.68. The third-order valence-corrected chi connectivity index (χ3v) is 3.41. The molecule has 0 unspecified atom stereocenters. The van der Waals surface area contributed by atoms with Gasteiger partial charge in [-0.15, -0.1) is 11.3 Å². The molecular formula is C9H8BBr2NS. The van der Waals surface area contributed by atoms with E-state index in [9.17, 15) is 0 Å². The summed E-state index contributed by atoms with van der Waals surface area (Å²) in [5, 5.41) is 0. The van der Waals surface area contributed by atoms with Gasteiger partial charge in [0.25, 0.3) is 0 Å². The zero-order valence-corrected chi connectivity index (χ0v) is 11.6. The molecule has 0 saturated carbocycles. The molecule has 2 heterocycles. The maximum Gasteiger partial charge on any atom is 0.152 e. The van der Waals surface area contributed by atoms with E-state index in [1.54, 1.807) is 23.7 Å². The van der Waals surface area contributed by atoms with Crippen LogP contribution in [-0.2, 0) is 0 Å². The summed E-state index contributed by atoms with van der Waals surface area (Å²) in [6.07, 6.45) is 3.48. The summed E-state index contributed by atoms with van der Waals surface area (Å²) in [6, 6.07) is 7.93. The van der Waals surface area contributed by atoms with Crippen LogP contribution in [-0.4, -0.2) is 12.8 Å². The summed E-state index contributed by atoms with van der Waals surface area (Å²) in [4.78, 5) is 3.82. The Kier molecular flexibility index (Phi) is 5.44. The van der Waals surface area contributed by atoms with Gasteiger partial charge in [-0.1, -0.05) is 22.0 Å². The largest absolute Gasteiger partial charge is 0.265 e. The number of hydrogen-bond acceptors (Lipinski definition) is 2. The molecule has 0 aliphatic heterocycles. The van der Waals surface area contributed by atoms with Gasteiger partial charge in [0.05, 0.1) is 3.79 Å². The molecule has 0 atom stereocenters. The van der Waals surface area contributed by atoms with Gasteiger partial charge in [-0.05, 0) is 38.9 Å². The summed E-state index contributed by atoms with van der Waals surface area (Å²) in [5.74, 6) is 0. The van der Waals surface area contributed by atoms with Crippen molar-refractivity contribution in [1.82, 2.24) is 4.98 Å². The molecule has 0 saturated heterocycles. The lowest BCUT2D eigenvalue weighted by Crippen LogP contribution is -1.88. The van der Waals surface area contributed by atoms with Crippen molar-refractivity contribution >= 4 is 55.8 Å². The van der Waals surface area contributed by atoms with Crippen molar-refractivity contribution in [2.45, 2.75) is 0 Å². The van der Waals surface area contributed by atoms with Crippen molar-refractivity contribution in [1.29, 1.82) is 0 Å². The van der Waals surface area contributed by atoms with E-state index in [1.807, 2.05) is 12.1 Å². The zero-order chi connectivity index (χ0) is 10.4. The van der Waals surface area contributed by atoms with E-state index in [1.165, 1.54) is 8.56 Å². The molecule has 0 fully saturated rings. The van der Waals surface area contributed by atoms with Crippen LogP contribution < -0.4 is 4.78 Å².